The van der Waals surface area contributed by atoms with E-state index in [1.54, 1.807) is 0 Å². The van der Waals surface area contributed by atoms with E-state index in [0.29, 0.717) is 0 Å². The molecule has 0 aromatic rings. The van der Waals surface area contributed by atoms with Gasteiger partial charge in [-0.1, -0.05) is 0 Å². The van der Waals surface area contributed by atoms with Crippen molar-refractivity contribution in [3.05, 3.63) is 12.3 Å². The van der Waals surface area contributed by atoms with Crippen LogP contribution in [-0.2, 0) is 4.79 Å². The second kappa shape index (κ2) is 2.06. The van der Waals surface area contributed by atoms with Crippen molar-refractivity contribution in [2.45, 2.75) is 12.1 Å². The molecule has 2 unspecified atom stereocenters. The molecule has 0 saturated heterocycles. The van der Waals surface area contributed by atoms with Gasteiger partial charge in [0.25, 0.3) is 0 Å². The van der Waals surface area contributed by atoms with Crippen molar-refractivity contribution in [1.29, 1.82) is 0 Å². The lowest BCUT2D eigenvalue weighted by molar-refractivity contribution is -0.121. The van der Waals surface area contributed by atoms with Gasteiger partial charge < -0.3 is 16.2 Å². The Kier molecular flexibility index (Phi) is 1.40. The van der Waals surface area contributed by atoms with E-state index in [4.69, 9.17) is 10.8 Å². The third-order valence-corrected chi connectivity index (χ3v) is 1.22. The summed E-state index contributed by atoms with van der Waals surface area (Å²) in [6.07, 6.45) is 2.23. The van der Waals surface area contributed by atoms with E-state index in [1.807, 2.05) is 0 Å². The van der Waals surface area contributed by atoms with E-state index in [1.165, 1.54) is 12.3 Å². The van der Waals surface area contributed by atoms with Gasteiger partial charge in [0.2, 0.25) is 5.91 Å². The van der Waals surface area contributed by atoms with E-state index in [9.17, 15) is 4.79 Å². The minimum absolute atomic E-state index is 0.535. The monoisotopic (exact) mass is 128 g/mol. The molecule has 9 heavy (non-hydrogen) atoms. The van der Waals surface area contributed by atoms with Crippen LogP contribution >= 0.6 is 0 Å². The van der Waals surface area contributed by atoms with Gasteiger partial charge in [0.15, 0.2) is 0 Å². The molecule has 50 valence electrons. The summed E-state index contributed by atoms with van der Waals surface area (Å²) in [7, 11) is 0. The lowest BCUT2D eigenvalue weighted by Crippen LogP contribution is -2.42. The van der Waals surface area contributed by atoms with Crippen molar-refractivity contribution < 1.29 is 9.90 Å². The molecular formula is C5H8N2O2. The molecule has 1 rings (SSSR count). The fourth-order valence-electron chi connectivity index (χ4n) is 0.718. The molecule has 1 aliphatic heterocycles. The molecule has 2 atom stereocenters. The van der Waals surface area contributed by atoms with Gasteiger partial charge in [-0.05, 0) is 12.3 Å². The molecule has 0 bridgehead atoms. The maximum atomic E-state index is 10.4. The zero-order chi connectivity index (χ0) is 6.85. The standard InChI is InChI=1S/C5H8N2O2/c6-5(9)4-3(8)1-2-7-4/h1-4,7-8H,(H2,6,9). The lowest BCUT2D eigenvalue weighted by Gasteiger charge is -2.09. The largest absolute Gasteiger partial charge is 0.386 e. The molecule has 0 fully saturated rings. The van der Waals surface area contributed by atoms with Crippen LogP contribution in [0.2, 0.25) is 0 Å². The molecule has 1 aliphatic rings. The molecule has 0 aromatic heterocycles. The van der Waals surface area contributed by atoms with Crippen molar-refractivity contribution in [2.24, 2.45) is 5.73 Å². The Morgan fingerprint density at radius 3 is 2.67 bits per heavy atom. The average Bonchev–Trinajstić information content (AvgIpc) is 2.13. The van der Waals surface area contributed by atoms with Crippen LogP contribution in [0.1, 0.15) is 0 Å². The molecule has 1 amide bonds. The number of primary amides is 1. The summed E-state index contributed by atoms with van der Waals surface area (Å²) in [6.45, 7) is 0. The van der Waals surface area contributed by atoms with E-state index in [2.05, 4.69) is 5.32 Å². The molecule has 1 heterocycles. The Bertz CT molecular complexity index is 155. The molecule has 0 spiro atoms. The van der Waals surface area contributed by atoms with Crippen molar-refractivity contribution >= 4 is 5.91 Å². The van der Waals surface area contributed by atoms with Gasteiger partial charge in [-0.15, -0.1) is 0 Å². The molecular weight excluding hydrogens is 120 g/mol. The van der Waals surface area contributed by atoms with E-state index < -0.39 is 18.1 Å². The third kappa shape index (κ3) is 1.02. The van der Waals surface area contributed by atoms with Crippen LogP contribution in [0, 0.1) is 0 Å². The quantitative estimate of drug-likeness (QED) is 0.394. The van der Waals surface area contributed by atoms with Gasteiger partial charge in [0, 0.05) is 0 Å². The Morgan fingerprint density at radius 2 is 2.44 bits per heavy atom. The fourth-order valence-corrected chi connectivity index (χ4v) is 0.718. The summed E-state index contributed by atoms with van der Waals surface area (Å²) in [5.41, 5.74) is 4.89. The van der Waals surface area contributed by atoms with Gasteiger partial charge in [-0.2, -0.15) is 0 Å². The predicted octanol–water partition coefficient (Wildman–Crippen LogP) is -1.68. The second-order valence-electron chi connectivity index (χ2n) is 1.90. The van der Waals surface area contributed by atoms with Crippen molar-refractivity contribution in [3.8, 4) is 0 Å². The van der Waals surface area contributed by atoms with Crippen LogP contribution in [0.4, 0.5) is 0 Å². The maximum Gasteiger partial charge on any atom is 0.242 e. The highest BCUT2D eigenvalue weighted by Crippen LogP contribution is 2.00. The number of aliphatic hydroxyl groups excluding tert-OH is 1. The fraction of sp³-hybridized carbons (Fsp3) is 0.400. The molecule has 4 nitrogen and oxygen atoms in total. The van der Waals surface area contributed by atoms with Gasteiger partial charge in [-0.25, -0.2) is 0 Å². The van der Waals surface area contributed by atoms with Crippen LogP contribution in [0.25, 0.3) is 0 Å². The van der Waals surface area contributed by atoms with Gasteiger partial charge in [0.05, 0.1) is 0 Å². The first-order chi connectivity index (χ1) is 4.22. The number of hydrogen-bond donors (Lipinski definition) is 3. The minimum Gasteiger partial charge on any atom is -0.386 e. The molecule has 0 radical (unpaired) electrons. The number of rotatable bonds is 1. The lowest BCUT2D eigenvalue weighted by atomic mass is 10.2. The second-order valence-corrected chi connectivity index (χ2v) is 1.90. The highest BCUT2D eigenvalue weighted by molar-refractivity contribution is 5.81. The number of amides is 1. The minimum atomic E-state index is -0.762. The predicted molar refractivity (Wildman–Crippen MR) is 31.3 cm³/mol. The maximum absolute atomic E-state index is 10.4. The number of carbonyl (C=O) groups is 1. The number of hydrogen-bond acceptors (Lipinski definition) is 3. The molecule has 4 heteroatoms. The van der Waals surface area contributed by atoms with Crippen LogP contribution < -0.4 is 11.1 Å². The number of carbonyl (C=O) groups excluding carboxylic acids is 1. The van der Waals surface area contributed by atoms with Crippen molar-refractivity contribution in [1.82, 2.24) is 5.32 Å². The summed E-state index contributed by atoms with van der Waals surface area (Å²) in [5, 5.41) is 11.5. The van der Waals surface area contributed by atoms with Gasteiger partial charge >= 0.3 is 0 Å². The van der Waals surface area contributed by atoms with Crippen molar-refractivity contribution in [2.75, 3.05) is 0 Å². The van der Waals surface area contributed by atoms with Crippen LogP contribution in [0.5, 0.6) is 0 Å². The highest BCUT2D eigenvalue weighted by atomic mass is 16.3. The zero-order valence-electron chi connectivity index (χ0n) is 4.74. The summed E-state index contributed by atoms with van der Waals surface area (Å²) in [6, 6.07) is -0.634. The Labute approximate surface area is 52.3 Å². The number of nitrogens with one attached hydrogen (secondary N) is 1. The Balaban J connectivity index is 2.55. The SMILES string of the molecule is NC(=O)C1NC=CC1O. The normalized spacial score (nSPS) is 32.1. The highest BCUT2D eigenvalue weighted by Gasteiger charge is 2.24. The summed E-state index contributed by atoms with van der Waals surface area (Å²) >= 11 is 0. The molecule has 0 aromatic carbocycles. The first-order valence-corrected chi connectivity index (χ1v) is 2.62. The number of aliphatic hydroxyl groups is 1. The molecule has 0 saturated carbocycles. The smallest absolute Gasteiger partial charge is 0.242 e. The van der Waals surface area contributed by atoms with Gasteiger partial charge in [-0.3, -0.25) is 4.79 Å². The van der Waals surface area contributed by atoms with E-state index in [-0.39, 0.29) is 0 Å². The van der Waals surface area contributed by atoms with E-state index >= 15 is 0 Å². The topological polar surface area (TPSA) is 75.4 Å². The van der Waals surface area contributed by atoms with Crippen LogP contribution in [-0.4, -0.2) is 23.2 Å². The first kappa shape index (κ1) is 6.10. The average molecular weight is 128 g/mol. The Hall–Kier alpha value is -1.03. The molecule has 0 aliphatic carbocycles. The van der Waals surface area contributed by atoms with Crippen molar-refractivity contribution in [3.63, 3.8) is 0 Å². The van der Waals surface area contributed by atoms with Gasteiger partial charge in [0.1, 0.15) is 12.1 Å². The Morgan fingerprint density at radius 1 is 1.78 bits per heavy atom. The summed E-state index contributed by atoms with van der Waals surface area (Å²) in [5.74, 6) is -0.535. The summed E-state index contributed by atoms with van der Waals surface area (Å²) < 4.78 is 0. The third-order valence-electron chi connectivity index (χ3n) is 1.22. The van der Waals surface area contributed by atoms with E-state index in [0.717, 1.165) is 0 Å². The molecule has 4 N–H and O–H groups in total. The first-order valence-electron chi connectivity index (χ1n) is 2.62. The zero-order valence-corrected chi connectivity index (χ0v) is 4.74. The van der Waals surface area contributed by atoms with Crippen LogP contribution in [0.15, 0.2) is 12.3 Å². The van der Waals surface area contributed by atoms with Crippen LogP contribution in [0.3, 0.4) is 0 Å². The summed E-state index contributed by atoms with van der Waals surface area (Å²) in [4.78, 5) is 10.4. The number of nitrogens with two attached hydrogens (primary N) is 1.